The highest BCUT2D eigenvalue weighted by molar-refractivity contribution is 8.00. The standard InChI is InChI=1S/C21H17F2NOS/c1-14(26-16-11-12-18(22)19(23)13-16)21(25)24-20-10-6-5-9-17(20)15-7-3-2-4-8-15/h2-14H,1H3,(H,24,25)/t14-/m0/s1. The van der Waals surface area contributed by atoms with Crippen molar-refractivity contribution < 1.29 is 13.6 Å². The van der Waals surface area contributed by atoms with E-state index in [2.05, 4.69) is 5.32 Å². The molecule has 0 saturated carbocycles. The van der Waals surface area contributed by atoms with Gasteiger partial charge in [0.25, 0.3) is 0 Å². The molecule has 0 aliphatic heterocycles. The first kappa shape index (κ1) is 18.1. The van der Waals surface area contributed by atoms with Gasteiger partial charge in [-0.05, 0) is 36.8 Å². The van der Waals surface area contributed by atoms with Gasteiger partial charge in [0, 0.05) is 16.1 Å². The predicted octanol–water partition coefficient (Wildman–Crippen LogP) is 5.75. The van der Waals surface area contributed by atoms with E-state index in [1.807, 2.05) is 54.6 Å². The summed E-state index contributed by atoms with van der Waals surface area (Å²) in [4.78, 5) is 13.1. The van der Waals surface area contributed by atoms with Gasteiger partial charge >= 0.3 is 0 Å². The van der Waals surface area contributed by atoms with Crippen molar-refractivity contribution in [3.05, 3.63) is 84.4 Å². The third-order valence-electron chi connectivity index (χ3n) is 3.84. The van der Waals surface area contributed by atoms with E-state index < -0.39 is 16.9 Å². The number of carbonyl (C=O) groups is 1. The average Bonchev–Trinajstić information content (AvgIpc) is 2.66. The average molecular weight is 369 g/mol. The number of halogens is 2. The van der Waals surface area contributed by atoms with Crippen LogP contribution in [0.2, 0.25) is 0 Å². The molecule has 0 aliphatic rings. The molecule has 5 heteroatoms. The van der Waals surface area contributed by atoms with Crippen LogP contribution in [0.1, 0.15) is 6.92 Å². The molecule has 1 N–H and O–H groups in total. The van der Waals surface area contributed by atoms with Crippen molar-refractivity contribution in [2.75, 3.05) is 5.32 Å². The Kier molecular flexibility index (Phi) is 5.68. The second-order valence-electron chi connectivity index (χ2n) is 5.74. The Balaban J connectivity index is 1.74. The number of anilines is 1. The molecule has 3 rings (SSSR count). The molecule has 26 heavy (non-hydrogen) atoms. The zero-order valence-corrected chi connectivity index (χ0v) is 14.9. The summed E-state index contributed by atoms with van der Waals surface area (Å²) in [6.45, 7) is 1.73. The summed E-state index contributed by atoms with van der Waals surface area (Å²) in [5.74, 6) is -2.02. The van der Waals surface area contributed by atoms with Crippen LogP contribution in [0.4, 0.5) is 14.5 Å². The van der Waals surface area contributed by atoms with Gasteiger partial charge in [-0.3, -0.25) is 4.79 Å². The van der Waals surface area contributed by atoms with Gasteiger partial charge in [0.15, 0.2) is 11.6 Å². The molecule has 0 bridgehead atoms. The number of amides is 1. The van der Waals surface area contributed by atoms with Gasteiger partial charge in [-0.15, -0.1) is 11.8 Å². The number of rotatable bonds is 5. The lowest BCUT2D eigenvalue weighted by atomic mass is 10.0. The predicted molar refractivity (Wildman–Crippen MR) is 102 cm³/mol. The van der Waals surface area contributed by atoms with Crippen molar-refractivity contribution in [1.82, 2.24) is 0 Å². The Hall–Kier alpha value is -2.66. The molecule has 1 atom stereocenters. The number of para-hydroxylation sites is 1. The van der Waals surface area contributed by atoms with E-state index in [0.29, 0.717) is 10.6 Å². The Bertz CT molecular complexity index is 915. The van der Waals surface area contributed by atoms with Crippen LogP contribution < -0.4 is 5.32 Å². The van der Waals surface area contributed by atoms with Crippen LogP contribution in [0, 0.1) is 11.6 Å². The number of thioether (sulfide) groups is 1. The molecule has 0 saturated heterocycles. The summed E-state index contributed by atoms with van der Waals surface area (Å²) in [5.41, 5.74) is 2.64. The van der Waals surface area contributed by atoms with Crippen molar-refractivity contribution in [2.24, 2.45) is 0 Å². The fourth-order valence-corrected chi connectivity index (χ4v) is 3.40. The van der Waals surface area contributed by atoms with Crippen LogP contribution in [-0.4, -0.2) is 11.2 Å². The Morgan fingerprint density at radius 2 is 1.62 bits per heavy atom. The third-order valence-corrected chi connectivity index (χ3v) is 4.94. The van der Waals surface area contributed by atoms with E-state index >= 15 is 0 Å². The minimum Gasteiger partial charge on any atom is -0.325 e. The van der Waals surface area contributed by atoms with Gasteiger partial charge in [0.2, 0.25) is 5.91 Å². The summed E-state index contributed by atoms with van der Waals surface area (Å²) in [7, 11) is 0. The Morgan fingerprint density at radius 3 is 2.35 bits per heavy atom. The maximum Gasteiger partial charge on any atom is 0.237 e. The molecule has 3 aromatic rings. The van der Waals surface area contributed by atoms with Crippen LogP contribution in [0.25, 0.3) is 11.1 Å². The van der Waals surface area contributed by atoms with E-state index in [1.165, 1.54) is 17.8 Å². The normalized spacial score (nSPS) is 11.8. The van der Waals surface area contributed by atoms with E-state index in [4.69, 9.17) is 0 Å². The first-order chi connectivity index (χ1) is 12.5. The van der Waals surface area contributed by atoms with Gasteiger partial charge in [-0.1, -0.05) is 48.5 Å². The molecule has 3 aromatic carbocycles. The van der Waals surface area contributed by atoms with E-state index in [1.54, 1.807) is 6.92 Å². The zero-order chi connectivity index (χ0) is 18.5. The molecule has 0 aromatic heterocycles. The largest absolute Gasteiger partial charge is 0.325 e. The third kappa shape index (κ3) is 4.29. The summed E-state index contributed by atoms with van der Waals surface area (Å²) in [5, 5.41) is 2.46. The van der Waals surface area contributed by atoms with Crippen molar-refractivity contribution in [3.8, 4) is 11.1 Å². The SMILES string of the molecule is C[C@H](Sc1ccc(F)c(F)c1)C(=O)Nc1ccccc1-c1ccccc1. The molecule has 0 heterocycles. The molecule has 0 unspecified atom stereocenters. The maximum absolute atomic E-state index is 13.3. The van der Waals surface area contributed by atoms with Crippen LogP contribution in [0.15, 0.2) is 77.7 Å². The molecule has 0 spiro atoms. The lowest BCUT2D eigenvalue weighted by Gasteiger charge is -2.15. The number of benzene rings is 3. The van der Waals surface area contributed by atoms with Gasteiger partial charge < -0.3 is 5.32 Å². The number of nitrogens with one attached hydrogen (secondary N) is 1. The number of hydrogen-bond donors (Lipinski definition) is 1. The van der Waals surface area contributed by atoms with Gasteiger partial charge in [0.05, 0.1) is 5.25 Å². The molecule has 0 fully saturated rings. The van der Waals surface area contributed by atoms with Crippen molar-refractivity contribution in [1.29, 1.82) is 0 Å². The molecule has 2 nitrogen and oxygen atoms in total. The zero-order valence-electron chi connectivity index (χ0n) is 14.1. The van der Waals surface area contributed by atoms with Gasteiger partial charge in [-0.2, -0.15) is 0 Å². The highest BCUT2D eigenvalue weighted by atomic mass is 32.2. The number of carbonyl (C=O) groups excluding carboxylic acids is 1. The summed E-state index contributed by atoms with van der Waals surface area (Å²) < 4.78 is 26.4. The summed E-state index contributed by atoms with van der Waals surface area (Å²) >= 11 is 1.18. The van der Waals surface area contributed by atoms with Gasteiger partial charge in [-0.25, -0.2) is 8.78 Å². The minimum absolute atomic E-state index is 0.205. The topological polar surface area (TPSA) is 29.1 Å². The molecular weight excluding hydrogens is 352 g/mol. The Morgan fingerprint density at radius 1 is 0.923 bits per heavy atom. The highest BCUT2D eigenvalue weighted by Gasteiger charge is 2.17. The molecule has 1 amide bonds. The summed E-state index contributed by atoms with van der Waals surface area (Å²) in [6.07, 6.45) is 0. The van der Waals surface area contributed by atoms with Crippen LogP contribution in [0.3, 0.4) is 0 Å². The lowest BCUT2D eigenvalue weighted by Crippen LogP contribution is -2.22. The first-order valence-electron chi connectivity index (χ1n) is 8.11. The van der Waals surface area contributed by atoms with E-state index in [0.717, 1.165) is 23.3 Å². The van der Waals surface area contributed by atoms with Crippen LogP contribution in [-0.2, 0) is 4.79 Å². The second-order valence-corrected chi connectivity index (χ2v) is 7.15. The number of hydrogen-bond acceptors (Lipinski definition) is 2. The Labute approximate surface area is 155 Å². The quantitative estimate of drug-likeness (QED) is 0.580. The molecular formula is C21H17F2NOS. The van der Waals surface area contributed by atoms with Crippen molar-refractivity contribution in [2.45, 2.75) is 17.1 Å². The molecule has 132 valence electrons. The minimum atomic E-state index is -0.919. The smallest absolute Gasteiger partial charge is 0.237 e. The molecule has 0 radical (unpaired) electrons. The van der Waals surface area contributed by atoms with Gasteiger partial charge in [0.1, 0.15) is 0 Å². The fourth-order valence-electron chi connectivity index (χ4n) is 2.50. The fraction of sp³-hybridized carbons (Fsp3) is 0.0952. The van der Waals surface area contributed by atoms with E-state index in [9.17, 15) is 13.6 Å². The summed E-state index contributed by atoms with van der Waals surface area (Å²) in [6, 6.07) is 20.9. The van der Waals surface area contributed by atoms with Crippen molar-refractivity contribution >= 4 is 23.4 Å². The maximum atomic E-state index is 13.3. The monoisotopic (exact) mass is 369 g/mol. The van der Waals surface area contributed by atoms with E-state index in [-0.39, 0.29) is 5.91 Å². The second kappa shape index (κ2) is 8.15. The highest BCUT2D eigenvalue weighted by Crippen LogP contribution is 2.30. The molecule has 0 aliphatic carbocycles. The van der Waals surface area contributed by atoms with Crippen molar-refractivity contribution in [3.63, 3.8) is 0 Å². The lowest BCUT2D eigenvalue weighted by molar-refractivity contribution is -0.115. The van der Waals surface area contributed by atoms with Crippen LogP contribution >= 0.6 is 11.8 Å². The van der Waals surface area contributed by atoms with Crippen LogP contribution in [0.5, 0.6) is 0 Å². The first-order valence-corrected chi connectivity index (χ1v) is 8.99.